The molecule has 0 N–H and O–H groups in total. The highest BCUT2D eigenvalue weighted by molar-refractivity contribution is 5.47. The number of hydrogen-bond acceptors (Lipinski definition) is 4. The first-order valence-corrected chi connectivity index (χ1v) is 7.27. The Morgan fingerprint density at radius 1 is 1.30 bits per heavy atom. The summed E-state index contributed by atoms with van der Waals surface area (Å²) in [5, 5.41) is 0. The third-order valence-corrected chi connectivity index (χ3v) is 4.33. The summed E-state index contributed by atoms with van der Waals surface area (Å²) in [6.45, 7) is 2.15. The van der Waals surface area contributed by atoms with E-state index in [1.807, 2.05) is 24.3 Å². The van der Waals surface area contributed by atoms with Crippen molar-refractivity contribution in [3.8, 4) is 5.75 Å². The van der Waals surface area contributed by atoms with Crippen LogP contribution in [-0.2, 0) is 10.3 Å². The molecule has 3 rings (SSSR count). The first-order valence-electron chi connectivity index (χ1n) is 7.27. The van der Waals surface area contributed by atoms with Gasteiger partial charge in [0.2, 0.25) is 6.08 Å². The Bertz CT molecular complexity index is 525. The summed E-state index contributed by atoms with van der Waals surface area (Å²) in [7, 11) is 2.14. The molecule has 2 aliphatic rings. The largest absolute Gasteiger partial charge is 0.490 e. The molecule has 1 aromatic carbocycles. The molecule has 1 saturated carbocycles. The molecule has 1 aromatic rings. The Balaban J connectivity index is 1.78. The van der Waals surface area contributed by atoms with Gasteiger partial charge in [0.25, 0.3) is 0 Å². The van der Waals surface area contributed by atoms with Crippen LogP contribution in [0, 0.1) is 0 Å². The molecule has 1 aliphatic carbocycles. The fraction of sp³-hybridized carbons (Fsp3) is 0.562. The average Bonchev–Trinajstić information content (AvgIpc) is 3.23. The molecule has 0 atom stereocenters. The van der Waals surface area contributed by atoms with E-state index in [9.17, 15) is 4.79 Å². The number of hydrogen-bond donors (Lipinski definition) is 0. The molecular formula is C16H20N2O2. The van der Waals surface area contributed by atoms with Crippen LogP contribution in [0.4, 0.5) is 0 Å². The van der Waals surface area contributed by atoms with Crippen molar-refractivity contribution in [2.24, 2.45) is 4.99 Å². The van der Waals surface area contributed by atoms with Crippen molar-refractivity contribution in [1.82, 2.24) is 4.90 Å². The van der Waals surface area contributed by atoms with E-state index in [1.165, 1.54) is 0 Å². The minimum atomic E-state index is -0.357. The second-order valence-corrected chi connectivity index (χ2v) is 5.85. The van der Waals surface area contributed by atoms with E-state index < -0.39 is 0 Å². The molecule has 0 spiro atoms. The zero-order valence-corrected chi connectivity index (χ0v) is 11.8. The van der Waals surface area contributed by atoms with Crippen molar-refractivity contribution >= 4 is 6.08 Å². The molecule has 1 saturated heterocycles. The lowest BCUT2D eigenvalue weighted by Crippen LogP contribution is -2.35. The molecule has 1 aliphatic heterocycles. The van der Waals surface area contributed by atoms with Gasteiger partial charge in [0.15, 0.2) is 0 Å². The molecule has 4 heteroatoms. The number of benzene rings is 1. The van der Waals surface area contributed by atoms with Crippen molar-refractivity contribution in [3.63, 3.8) is 0 Å². The molecule has 0 unspecified atom stereocenters. The Hall–Kier alpha value is -1.64. The Morgan fingerprint density at radius 2 is 2.00 bits per heavy atom. The van der Waals surface area contributed by atoms with Crippen LogP contribution in [0.3, 0.4) is 0 Å². The molecule has 2 fully saturated rings. The average molecular weight is 272 g/mol. The summed E-state index contributed by atoms with van der Waals surface area (Å²) in [5.74, 6) is 0.888. The fourth-order valence-electron chi connectivity index (χ4n) is 2.88. The lowest BCUT2D eigenvalue weighted by atomic mass is 10.0. The minimum absolute atomic E-state index is 0.267. The van der Waals surface area contributed by atoms with Crippen LogP contribution in [0.5, 0.6) is 5.75 Å². The van der Waals surface area contributed by atoms with E-state index in [0.29, 0.717) is 0 Å². The smallest absolute Gasteiger partial charge is 0.235 e. The number of para-hydroxylation sites is 1. The Morgan fingerprint density at radius 3 is 2.65 bits per heavy atom. The van der Waals surface area contributed by atoms with Crippen LogP contribution in [0.25, 0.3) is 0 Å². The van der Waals surface area contributed by atoms with Crippen molar-refractivity contribution in [1.29, 1.82) is 0 Å². The third kappa shape index (κ3) is 2.62. The topological polar surface area (TPSA) is 41.9 Å². The summed E-state index contributed by atoms with van der Waals surface area (Å²) in [5.41, 5.74) is 0.686. The zero-order valence-electron chi connectivity index (χ0n) is 11.8. The molecule has 20 heavy (non-hydrogen) atoms. The van der Waals surface area contributed by atoms with Crippen LogP contribution < -0.4 is 4.74 Å². The SMILES string of the molecule is CN1CCC(Oc2ccccc2C2(N=C=O)CC2)CC1. The maximum absolute atomic E-state index is 10.6. The number of nitrogens with zero attached hydrogens (tertiary/aromatic N) is 2. The van der Waals surface area contributed by atoms with Gasteiger partial charge in [0, 0.05) is 18.7 Å². The van der Waals surface area contributed by atoms with E-state index in [4.69, 9.17) is 4.74 Å². The summed E-state index contributed by atoms with van der Waals surface area (Å²) < 4.78 is 6.19. The molecule has 106 valence electrons. The molecule has 0 aromatic heterocycles. The predicted octanol–water partition coefficient (Wildman–Crippen LogP) is 2.48. The van der Waals surface area contributed by atoms with E-state index in [2.05, 4.69) is 16.9 Å². The van der Waals surface area contributed by atoms with Crippen LogP contribution in [0.2, 0.25) is 0 Å². The van der Waals surface area contributed by atoms with Crippen LogP contribution in [0.15, 0.2) is 29.3 Å². The van der Waals surface area contributed by atoms with Gasteiger partial charge in [-0.15, -0.1) is 0 Å². The van der Waals surface area contributed by atoms with Crippen molar-refractivity contribution in [3.05, 3.63) is 29.8 Å². The lowest BCUT2D eigenvalue weighted by molar-refractivity contribution is 0.113. The molecule has 4 nitrogen and oxygen atoms in total. The number of isocyanates is 1. The fourth-order valence-corrected chi connectivity index (χ4v) is 2.88. The summed E-state index contributed by atoms with van der Waals surface area (Å²) in [4.78, 5) is 17.0. The molecular weight excluding hydrogens is 252 g/mol. The lowest BCUT2D eigenvalue weighted by Gasteiger charge is -2.30. The zero-order chi connectivity index (χ0) is 14.0. The summed E-state index contributed by atoms with van der Waals surface area (Å²) in [6.07, 6.45) is 5.91. The van der Waals surface area contributed by atoms with Gasteiger partial charge < -0.3 is 9.64 Å². The summed E-state index contributed by atoms with van der Waals surface area (Å²) >= 11 is 0. The van der Waals surface area contributed by atoms with Gasteiger partial charge in [0.05, 0.1) is 0 Å². The second-order valence-electron chi connectivity index (χ2n) is 5.85. The van der Waals surface area contributed by atoms with E-state index >= 15 is 0 Å². The van der Waals surface area contributed by atoms with Crippen molar-refractivity contribution in [2.45, 2.75) is 37.3 Å². The number of piperidine rings is 1. The Labute approximate surface area is 119 Å². The number of ether oxygens (including phenoxy) is 1. The van der Waals surface area contributed by atoms with Crippen LogP contribution >= 0.6 is 0 Å². The standard InChI is InChI=1S/C16H20N2O2/c1-18-10-6-13(7-11-18)20-15-5-3-2-4-14(15)16(8-9-16)17-12-19/h2-5,13H,6-11H2,1H3. The van der Waals surface area contributed by atoms with Gasteiger partial charge in [-0.25, -0.2) is 4.79 Å². The minimum Gasteiger partial charge on any atom is -0.490 e. The molecule has 0 bridgehead atoms. The van der Waals surface area contributed by atoms with Crippen molar-refractivity contribution in [2.75, 3.05) is 20.1 Å². The number of rotatable bonds is 4. The number of carbonyl (C=O) groups excluding carboxylic acids is 1. The Kier molecular flexibility index (Phi) is 3.60. The second kappa shape index (κ2) is 5.39. The first kappa shape index (κ1) is 13.3. The van der Waals surface area contributed by atoms with Gasteiger partial charge in [0.1, 0.15) is 17.4 Å². The number of aliphatic imine (C=N–C) groups is 1. The molecule has 1 heterocycles. The maximum Gasteiger partial charge on any atom is 0.235 e. The number of likely N-dealkylation sites (tertiary alicyclic amines) is 1. The molecule has 0 radical (unpaired) electrons. The van der Waals surface area contributed by atoms with Crippen molar-refractivity contribution < 1.29 is 9.53 Å². The normalized spacial score (nSPS) is 22.1. The van der Waals surface area contributed by atoms with Crippen LogP contribution in [-0.4, -0.2) is 37.2 Å². The first-order chi connectivity index (χ1) is 9.73. The highest BCUT2D eigenvalue weighted by Gasteiger charge is 2.46. The maximum atomic E-state index is 10.6. The summed E-state index contributed by atoms with van der Waals surface area (Å²) in [6, 6.07) is 7.98. The van der Waals surface area contributed by atoms with Gasteiger partial charge in [-0.2, -0.15) is 4.99 Å². The van der Waals surface area contributed by atoms with Gasteiger partial charge in [-0.1, -0.05) is 18.2 Å². The van der Waals surface area contributed by atoms with Gasteiger partial charge in [-0.3, -0.25) is 0 Å². The van der Waals surface area contributed by atoms with Gasteiger partial charge >= 0.3 is 0 Å². The predicted molar refractivity (Wildman–Crippen MR) is 76.6 cm³/mol. The van der Waals surface area contributed by atoms with E-state index in [0.717, 1.165) is 50.1 Å². The quantitative estimate of drug-likeness (QED) is 0.624. The highest BCUT2D eigenvalue weighted by atomic mass is 16.5. The monoisotopic (exact) mass is 272 g/mol. The molecule has 0 amide bonds. The van der Waals surface area contributed by atoms with E-state index in [-0.39, 0.29) is 11.6 Å². The van der Waals surface area contributed by atoms with Gasteiger partial charge in [-0.05, 0) is 38.8 Å². The van der Waals surface area contributed by atoms with Crippen LogP contribution in [0.1, 0.15) is 31.2 Å². The third-order valence-electron chi connectivity index (χ3n) is 4.33. The highest BCUT2D eigenvalue weighted by Crippen LogP contribution is 2.52. The van der Waals surface area contributed by atoms with E-state index in [1.54, 1.807) is 6.08 Å².